The maximum absolute atomic E-state index is 12.0. The Kier molecular flexibility index (Phi) is 3.85. The van der Waals surface area contributed by atoms with E-state index < -0.39 is 15.1 Å². The summed E-state index contributed by atoms with van der Waals surface area (Å²) < 4.78 is 33.8. The van der Waals surface area contributed by atoms with Crippen LogP contribution < -0.4 is 10.2 Å². The summed E-state index contributed by atoms with van der Waals surface area (Å²) in [6.07, 6.45) is 1.46. The van der Waals surface area contributed by atoms with E-state index in [1.807, 2.05) is 6.07 Å². The third-order valence-corrected chi connectivity index (χ3v) is 4.89. The van der Waals surface area contributed by atoms with Gasteiger partial charge in [0.25, 0.3) is 0 Å². The minimum Gasteiger partial charge on any atom is -0.371 e. The molecular weight excluding hydrogens is 334 g/mol. The van der Waals surface area contributed by atoms with Crippen LogP contribution in [0.25, 0.3) is 0 Å². The lowest BCUT2D eigenvalue weighted by molar-refractivity contribution is -0.110. The maximum atomic E-state index is 12.0. The predicted molar refractivity (Wildman–Crippen MR) is 87.2 cm³/mol. The zero-order valence-electron chi connectivity index (χ0n) is 12.7. The van der Waals surface area contributed by atoms with Crippen LogP contribution in [0.15, 0.2) is 41.7 Å². The van der Waals surface area contributed by atoms with Crippen molar-refractivity contribution in [1.82, 2.24) is 15.3 Å². The highest BCUT2D eigenvalue weighted by molar-refractivity contribution is 7.88. The molecule has 24 heavy (non-hydrogen) atoms. The summed E-state index contributed by atoms with van der Waals surface area (Å²) in [6.45, 7) is 0.0116. The molecule has 3 N–H and O–H groups in total. The van der Waals surface area contributed by atoms with Gasteiger partial charge in [0, 0.05) is 13.6 Å². The van der Waals surface area contributed by atoms with Gasteiger partial charge in [-0.2, -0.15) is 8.42 Å². The summed E-state index contributed by atoms with van der Waals surface area (Å²) in [5.74, 6) is 0.305. The van der Waals surface area contributed by atoms with Crippen molar-refractivity contribution < 1.29 is 17.8 Å². The Hall–Kier alpha value is -2.72. The van der Waals surface area contributed by atoms with Crippen LogP contribution >= 0.6 is 0 Å². The van der Waals surface area contributed by atoms with E-state index in [4.69, 9.17) is 0 Å². The molecule has 2 aromatic rings. The summed E-state index contributed by atoms with van der Waals surface area (Å²) in [6, 6.07) is 8.91. The third kappa shape index (κ3) is 2.36. The van der Waals surface area contributed by atoms with E-state index in [2.05, 4.69) is 20.3 Å². The van der Waals surface area contributed by atoms with Crippen LogP contribution in [0, 0.1) is 0 Å². The standard InChI is InChI=1S/C14H15N5O4S/c1-15-12-11-13(17-9-16-11)19(7-10-5-3-2-4-6-10)14(8-20,18-12)24(21,22)23/h2-6,8-9H,7H2,1H3,(H,15,18)(H,16,17)(H,21,22,23). The molecule has 2 heterocycles. The van der Waals surface area contributed by atoms with E-state index in [-0.39, 0.29) is 24.5 Å². The van der Waals surface area contributed by atoms with E-state index in [9.17, 15) is 17.8 Å². The Bertz CT molecular complexity index is 893. The molecule has 1 unspecified atom stereocenters. The molecule has 0 amide bonds. The first-order chi connectivity index (χ1) is 11.4. The fourth-order valence-corrected chi connectivity index (χ4v) is 3.33. The number of nitrogens with one attached hydrogen (secondary N) is 2. The maximum Gasteiger partial charge on any atom is 0.320 e. The summed E-state index contributed by atoms with van der Waals surface area (Å²) >= 11 is 0. The van der Waals surface area contributed by atoms with E-state index in [1.54, 1.807) is 24.3 Å². The van der Waals surface area contributed by atoms with Crippen LogP contribution in [-0.4, -0.2) is 47.1 Å². The van der Waals surface area contributed by atoms with Crippen molar-refractivity contribution in [3.8, 4) is 0 Å². The van der Waals surface area contributed by atoms with Crippen molar-refractivity contribution in [3.05, 3.63) is 47.9 Å². The highest BCUT2D eigenvalue weighted by atomic mass is 32.2. The molecule has 0 radical (unpaired) electrons. The molecular formula is C14H15N5O4S. The normalized spacial score (nSPS) is 20.2. The van der Waals surface area contributed by atoms with Gasteiger partial charge >= 0.3 is 15.1 Å². The van der Waals surface area contributed by atoms with E-state index >= 15 is 0 Å². The Morgan fingerprint density at radius 1 is 1.38 bits per heavy atom. The number of imidazole rings is 1. The Labute approximate surface area is 138 Å². The monoisotopic (exact) mass is 349 g/mol. The van der Waals surface area contributed by atoms with Crippen LogP contribution in [0.1, 0.15) is 11.3 Å². The summed E-state index contributed by atoms with van der Waals surface area (Å²) in [5, 5.41) is 2.71. The molecule has 0 aliphatic carbocycles. The number of hydrogen-bond donors (Lipinski definition) is 3. The molecule has 1 atom stereocenters. The second-order valence-electron chi connectivity index (χ2n) is 5.13. The van der Waals surface area contributed by atoms with Gasteiger partial charge in [0.05, 0.1) is 6.33 Å². The highest BCUT2D eigenvalue weighted by Crippen LogP contribution is 2.35. The molecule has 126 valence electrons. The first-order valence-corrected chi connectivity index (χ1v) is 8.43. The van der Waals surface area contributed by atoms with Crippen molar-refractivity contribution in [2.24, 2.45) is 4.99 Å². The molecule has 0 bridgehead atoms. The number of hydrogen-bond acceptors (Lipinski definition) is 7. The van der Waals surface area contributed by atoms with Crippen LogP contribution in [0.5, 0.6) is 0 Å². The van der Waals surface area contributed by atoms with Crippen LogP contribution in [0.2, 0.25) is 0 Å². The molecule has 9 nitrogen and oxygen atoms in total. The molecule has 0 spiro atoms. The van der Waals surface area contributed by atoms with Gasteiger partial charge in [-0.05, 0) is 5.56 Å². The topological polar surface area (TPSA) is 128 Å². The second-order valence-corrected chi connectivity index (χ2v) is 6.69. The van der Waals surface area contributed by atoms with Crippen molar-refractivity contribution >= 4 is 28.1 Å². The summed E-state index contributed by atoms with van der Waals surface area (Å²) in [5.41, 5.74) is 1.15. The van der Waals surface area contributed by atoms with Crippen LogP contribution in [-0.2, 0) is 21.5 Å². The summed E-state index contributed by atoms with van der Waals surface area (Å²) in [4.78, 5) is 21.3. The number of aliphatic imine (C=N–C) groups is 1. The molecule has 0 saturated heterocycles. The minimum atomic E-state index is -4.89. The van der Waals surface area contributed by atoms with Crippen molar-refractivity contribution in [1.29, 1.82) is 0 Å². The number of aromatic amines is 1. The van der Waals surface area contributed by atoms with Crippen LogP contribution in [0.3, 0.4) is 0 Å². The van der Waals surface area contributed by atoms with E-state index in [0.29, 0.717) is 5.69 Å². The number of anilines is 1. The van der Waals surface area contributed by atoms with Gasteiger partial charge in [-0.1, -0.05) is 30.3 Å². The lowest BCUT2D eigenvalue weighted by Gasteiger charge is -2.38. The highest BCUT2D eigenvalue weighted by Gasteiger charge is 2.53. The Balaban J connectivity index is 2.22. The lowest BCUT2D eigenvalue weighted by atomic mass is 10.2. The van der Waals surface area contributed by atoms with E-state index in [0.717, 1.165) is 10.5 Å². The first kappa shape index (κ1) is 16.1. The minimum absolute atomic E-state index is 0.0116. The SMILES string of the molecule is CNC1=NC(C=O)(S(=O)(=O)O)N(Cc2ccccc2)c2nc[nH]c21. The zero-order valence-corrected chi connectivity index (χ0v) is 13.5. The average molecular weight is 349 g/mol. The molecule has 10 heteroatoms. The molecule has 1 aliphatic heterocycles. The number of carbonyl (C=O) groups is 1. The Morgan fingerprint density at radius 3 is 2.67 bits per heavy atom. The number of amidine groups is 1. The van der Waals surface area contributed by atoms with Gasteiger partial charge in [-0.25, -0.2) is 9.98 Å². The largest absolute Gasteiger partial charge is 0.371 e. The second kappa shape index (κ2) is 5.73. The number of aldehydes is 1. The fraction of sp³-hybridized carbons (Fsp3) is 0.214. The zero-order chi connectivity index (χ0) is 17.4. The smallest absolute Gasteiger partial charge is 0.320 e. The molecule has 0 fully saturated rings. The van der Waals surface area contributed by atoms with Gasteiger partial charge in [0.1, 0.15) is 5.69 Å². The van der Waals surface area contributed by atoms with Gasteiger partial charge in [0.15, 0.2) is 17.9 Å². The van der Waals surface area contributed by atoms with Crippen molar-refractivity contribution in [3.63, 3.8) is 0 Å². The van der Waals surface area contributed by atoms with Gasteiger partial charge in [0.2, 0.25) is 0 Å². The Morgan fingerprint density at radius 2 is 2.08 bits per heavy atom. The van der Waals surface area contributed by atoms with E-state index in [1.165, 1.54) is 13.4 Å². The van der Waals surface area contributed by atoms with Crippen molar-refractivity contribution in [2.75, 3.05) is 11.9 Å². The first-order valence-electron chi connectivity index (χ1n) is 6.99. The number of nitrogens with zero attached hydrogens (tertiary/aromatic N) is 3. The summed E-state index contributed by atoms with van der Waals surface area (Å²) in [7, 11) is -3.37. The number of fused-ring (bicyclic) bond motifs is 1. The average Bonchev–Trinajstić information content (AvgIpc) is 3.04. The number of rotatable bonds is 4. The van der Waals surface area contributed by atoms with Gasteiger partial charge < -0.3 is 15.2 Å². The third-order valence-electron chi connectivity index (χ3n) is 3.72. The van der Waals surface area contributed by atoms with Crippen LogP contribution in [0.4, 0.5) is 5.82 Å². The quantitative estimate of drug-likeness (QED) is 0.529. The molecule has 0 saturated carbocycles. The fourth-order valence-electron chi connectivity index (χ4n) is 2.58. The molecule has 1 aromatic heterocycles. The number of benzene rings is 1. The predicted octanol–water partition coefficient (Wildman–Crippen LogP) is 0.136. The van der Waals surface area contributed by atoms with Crippen molar-refractivity contribution in [2.45, 2.75) is 11.5 Å². The lowest BCUT2D eigenvalue weighted by Crippen LogP contribution is -2.58. The number of H-pyrrole nitrogens is 1. The number of aromatic nitrogens is 2. The van der Waals surface area contributed by atoms with Gasteiger partial charge in [-0.15, -0.1) is 0 Å². The molecule has 1 aromatic carbocycles. The molecule has 1 aliphatic rings. The number of carbonyl (C=O) groups excluding carboxylic acids is 1. The van der Waals surface area contributed by atoms with Gasteiger partial charge in [-0.3, -0.25) is 9.35 Å². The molecule has 3 rings (SSSR count).